The van der Waals surface area contributed by atoms with Gasteiger partial charge in [0.15, 0.2) is 0 Å². The molecule has 1 aliphatic heterocycles. The molecule has 1 saturated heterocycles. The molecule has 1 heterocycles. The minimum Gasteiger partial charge on any atom is -0.458 e. The number of aliphatic hydroxyl groups is 2. The van der Waals surface area contributed by atoms with Gasteiger partial charge in [0.25, 0.3) is 0 Å². The summed E-state index contributed by atoms with van der Waals surface area (Å²) in [6.45, 7) is 6.10. The van der Waals surface area contributed by atoms with Crippen LogP contribution in [0.5, 0.6) is 0 Å². The second-order valence-corrected chi connectivity index (χ2v) is 13.9. The molecule has 6 fully saturated rings. The topological polar surface area (TPSA) is 97.7 Å². The van der Waals surface area contributed by atoms with Gasteiger partial charge < -0.3 is 29.2 Å². The lowest BCUT2D eigenvalue weighted by Gasteiger charge is -2.69. The predicted molar refractivity (Wildman–Crippen MR) is 152 cm³/mol. The molecule has 13 atom stereocenters. The average molecular weight is 568 g/mol. The second kappa shape index (κ2) is 9.34. The summed E-state index contributed by atoms with van der Waals surface area (Å²) < 4.78 is 25.0. The van der Waals surface area contributed by atoms with Crippen molar-refractivity contribution in [3.63, 3.8) is 0 Å². The zero-order valence-electron chi connectivity index (χ0n) is 24.9. The van der Waals surface area contributed by atoms with E-state index in [4.69, 9.17) is 18.9 Å². The fourth-order valence-electron chi connectivity index (χ4n) is 11.7. The number of fused-ring (bicyclic) bond motifs is 2. The first kappa shape index (κ1) is 28.0. The number of rotatable bonds is 7. The Morgan fingerprint density at radius 2 is 1.88 bits per heavy atom. The minimum atomic E-state index is -1.58. The van der Waals surface area contributed by atoms with Crippen molar-refractivity contribution in [2.45, 2.75) is 81.2 Å². The molecule has 2 N–H and O–H groups in total. The normalized spacial score (nSPS) is 51.2. The number of methoxy groups -OCH3 is 3. The van der Waals surface area contributed by atoms with E-state index < -0.39 is 40.7 Å². The van der Waals surface area contributed by atoms with Gasteiger partial charge in [0.2, 0.25) is 0 Å². The van der Waals surface area contributed by atoms with Crippen molar-refractivity contribution in [3.05, 3.63) is 42.0 Å². The number of hydrogen-bond acceptors (Lipinski definition) is 8. The number of carbonyl (C=O) groups excluding carboxylic acids is 1. The fourth-order valence-corrected chi connectivity index (χ4v) is 11.7. The van der Waals surface area contributed by atoms with Crippen LogP contribution >= 0.6 is 0 Å². The van der Waals surface area contributed by atoms with Gasteiger partial charge in [-0.25, -0.2) is 4.79 Å². The van der Waals surface area contributed by atoms with Gasteiger partial charge in [0.05, 0.1) is 24.4 Å². The third-order valence-electron chi connectivity index (χ3n) is 12.7. The number of hydrogen-bond donors (Lipinski definition) is 2. The molecule has 13 unspecified atom stereocenters. The average Bonchev–Trinajstić information content (AvgIpc) is 3.37. The van der Waals surface area contributed by atoms with Crippen LogP contribution in [-0.2, 0) is 23.7 Å². The number of esters is 1. The van der Waals surface area contributed by atoms with Crippen molar-refractivity contribution in [2.24, 2.45) is 34.5 Å². The molecule has 5 saturated carbocycles. The Hall–Kier alpha value is -1.81. The first-order valence-corrected chi connectivity index (χ1v) is 15.4. The molecule has 0 radical (unpaired) electrons. The third kappa shape index (κ3) is 3.24. The molecule has 6 aliphatic rings. The van der Waals surface area contributed by atoms with E-state index in [2.05, 4.69) is 18.7 Å². The Bertz CT molecular complexity index is 1230. The van der Waals surface area contributed by atoms with E-state index in [1.54, 1.807) is 27.4 Å². The van der Waals surface area contributed by atoms with E-state index >= 15 is 0 Å². The zero-order chi connectivity index (χ0) is 28.9. The number of carbonyl (C=O) groups is 1. The van der Waals surface area contributed by atoms with Crippen molar-refractivity contribution in [1.29, 1.82) is 0 Å². The van der Waals surface area contributed by atoms with Crippen molar-refractivity contribution < 1.29 is 34.0 Å². The highest BCUT2D eigenvalue weighted by molar-refractivity contribution is 5.87. The number of benzene rings is 1. The highest BCUT2D eigenvalue weighted by Gasteiger charge is 2.91. The van der Waals surface area contributed by atoms with E-state index in [0.29, 0.717) is 0 Å². The van der Waals surface area contributed by atoms with Gasteiger partial charge in [0.1, 0.15) is 17.3 Å². The first-order valence-electron chi connectivity index (χ1n) is 15.4. The van der Waals surface area contributed by atoms with E-state index in [1.807, 2.05) is 30.3 Å². The molecule has 7 rings (SSSR count). The van der Waals surface area contributed by atoms with E-state index in [-0.39, 0.29) is 47.8 Å². The van der Waals surface area contributed by atoms with E-state index in [9.17, 15) is 15.0 Å². The molecule has 0 aromatic heterocycles. The standard InChI is InChI=1S/C33H45NO7/c1-6-34-18-30(2)15-14-23(39-4)32-21-16-20-22(38-3)17-31(36,33(37,29(32)34)28(40-5)27(30)32)25(21)26(20)41-24(35)13-12-19-10-8-7-9-11-19/h7-13,20-23,25-29,36-37H,6,14-18H2,1-5H3. The molecule has 1 aromatic rings. The van der Waals surface area contributed by atoms with Crippen molar-refractivity contribution >= 4 is 12.0 Å². The molecule has 1 aromatic carbocycles. The highest BCUT2D eigenvalue weighted by atomic mass is 16.6. The van der Waals surface area contributed by atoms with Gasteiger partial charge in [-0.3, -0.25) is 4.90 Å². The number of ether oxygens (including phenoxy) is 4. The zero-order valence-corrected chi connectivity index (χ0v) is 24.9. The predicted octanol–water partition coefficient (Wildman–Crippen LogP) is 2.91. The van der Waals surface area contributed by atoms with Gasteiger partial charge in [-0.2, -0.15) is 0 Å². The smallest absolute Gasteiger partial charge is 0.331 e. The molecule has 0 amide bonds. The SMILES string of the molecule is CCN1CC2(C)CCC(OC)C34C5CC6C(OC)CC(O)(C5C6OC(=O)C=Cc5ccccc5)C(O)(C(OC)C23)C14. The Balaban J connectivity index is 1.38. The van der Waals surface area contributed by atoms with Crippen molar-refractivity contribution in [1.82, 2.24) is 4.90 Å². The van der Waals surface area contributed by atoms with Crippen LogP contribution in [0, 0.1) is 34.5 Å². The summed E-state index contributed by atoms with van der Waals surface area (Å²) in [6.07, 6.45) is 4.50. The molecule has 1 spiro atoms. The number of likely N-dealkylation sites (tertiary alicyclic amines) is 1. The molecular weight excluding hydrogens is 522 g/mol. The monoisotopic (exact) mass is 567 g/mol. The molecule has 8 heteroatoms. The van der Waals surface area contributed by atoms with E-state index in [1.165, 1.54) is 6.08 Å². The maximum absolute atomic E-state index is 13.3. The number of piperidine rings is 1. The summed E-state index contributed by atoms with van der Waals surface area (Å²) >= 11 is 0. The van der Waals surface area contributed by atoms with E-state index in [0.717, 1.165) is 37.9 Å². The maximum Gasteiger partial charge on any atom is 0.331 e. The van der Waals surface area contributed by atoms with Crippen molar-refractivity contribution in [2.75, 3.05) is 34.4 Å². The highest BCUT2D eigenvalue weighted by Crippen LogP contribution is 2.80. The van der Waals surface area contributed by atoms with Crippen molar-refractivity contribution in [3.8, 4) is 0 Å². The summed E-state index contributed by atoms with van der Waals surface area (Å²) in [5.74, 6) is -0.993. The van der Waals surface area contributed by atoms with Crippen LogP contribution < -0.4 is 0 Å². The van der Waals surface area contributed by atoms with Crippen LogP contribution in [0.2, 0.25) is 0 Å². The Kier molecular flexibility index (Phi) is 6.38. The van der Waals surface area contributed by atoms with Crippen LogP contribution in [0.4, 0.5) is 0 Å². The summed E-state index contributed by atoms with van der Waals surface area (Å²) in [4.78, 5) is 15.7. The summed E-state index contributed by atoms with van der Waals surface area (Å²) in [5.41, 5.74) is -2.80. The molecule has 5 aliphatic carbocycles. The number of likely N-dealkylation sites (N-methyl/N-ethyl adjacent to an activating group) is 1. The Morgan fingerprint density at radius 1 is 1.12 bits per heavy atom. The maximum atomic E-state index is 13.3. The Labute approximate surface area is 243 Å². The van der Waals surface area contributed by atoms with Crippen LogP contribution in [-0.4, -0.2) is 97.2 Å². The van der Waals surface area contributed by atoms with Gasteiger partial charge in [0, 0.05) is 63.5 Å². The quantitative estimate of drug-likeness (QED) is 0.384. The van der Waals surface area contributed by atoms with Gasteiger partial charge >= 0.3 is 5.97 Å². The van der Waals surface area contributed by atoms with Crippen LogP contribution in [0.25, 0.3) is 6.08 Å². The minimum absolute atomic E-state index is 0.00481. The van der Waals surface area contributed by atoms with Crippen LogP contribution in [0.15, 0.2) is 36.4 Å². The van der Waals surface area contributed by atoms with Crippen LogP contribution in [0.1, 0.15) is 45.1 Å². The summed E-state index contributed by atoms with van der Waals surface area (Å²) in [7, 11) is 5.13. The van der Waals surface area contributed by atoms with Gasteiger partial charge in [-0.1, -0.05) is 44.2 Å². The lowest BCUT2D eigenvalue weighted by atomic mass is 9.43. The second-order valence-electron chi connectivity index (χ2n) is 13.9. The molecular formula is C33H45NO7. The van der Waals surface area contributed by atoms with Gasteiger partial charge in [-0.05, 0) is 48.8 Å². The lowest BCUT2D eigenvalue weighted by molar-refractivity contribution is -0.317. The molecule has 8 nitrogen and oxygen atoms in total. The molecule has 224 valence electrons. The summed E-state index contributed by atoms with van der Waals surface area (Å²) in [6, 6.07) is 9.32. The third-order valence-corrected chi connectivity index (χ3v) is 12.7. The fraction of sp³-hybridized carbons (Fsp3) is 0.727. The Morgan fingerprint density at radius 3 is 2.54 bits per heavy atom. The summed E-state index contributed by atoms with van der Waals surface area (Å²) in [5, 5.41) is 26.3. The molecule has 41 heavy (non-hydrogen) atoms. The van der Waals surface area contributed by atoms with Crippen LogP contribution in [0.3, 0.4) is 0 Å². The van der Waals surface area contributed by atoms with Gasteiger partial charge in [-0.15, -0.1) is 0 Å². The largest absolute Gasteiger partial charge is 0.458 e. The first-order chi connectivity index (χ1) is 19.6. The molecule has 7 bridgehead atoms. The number of nitrogens with zero attached hydrogens (tertiary/aromatic N) is 1. The lowest BCUT2D eigenvalue weighted by Crippen LogP contribution is -2.81.